The van der Waals surface area contributed by atoms with E-state index in [0.29, 0.717) is 18.0 Å². The van der Waals surface area contributed by atoms with Crippen molar-refractivity contribution in [3.8, 4) is 0 Å². The fraction of sp³-hybridized carbons (Fsp3) is 0.273. The van der Waals surface area contributed by atoms with Gasteiger partial charge in [-0.25, -0.2) is 14.6 Å². The number of hydrogen-bond donors (Lipinski definition) is 1. The quantitative estimate of drug-likeness (QED) is 0.504. The molecule has 0 radical (unpaired) electrons. The molecule has 4 heterocycles. The van der Waals surface area contributed by atoms with Crippen molar-refractivity contribution in [2.45, 2.75) is 6.54 Å². The molecule has 1 aliphatic rings. The number of benzene rings is 1. The molecule has 1 aromatic carbocycles. The average molecular weight is 434 g/mol. The van der Waals surface area contributed by atoms with E-state index in [1.165, 1.54) is 17.0 Å². The number of thiophene rings is 1. The summed E-state index contributed by atoms with van der Waals surface area (Å²) in [6.45, 7) is 4.71. The molecule has 0 unspecified atom stereocenters. The van der Waals surface area contributed by atoms with Crippen LogP contribution >= 0.6 is 11.3 Å². The molecule has 31 heavy (non-hydrogen) atoms. The summed E-state index contributed by atoms with van der Waals surface area (Å²) >= 11 is 1.43. The summed E-state index contributed by atoms with van der Waals surface area (Å²) in [4.78, 5) is 26.5. The van der Waals surface area contributed by atoms with Crippen molar-refractivity contribution in [2.75, 3.05) is 42.5 Å². The molecule has 1 aliphatic heterocycles. The largest absolute Gasteiger partial charge is 0.368 e. The van der Waals surface area contributed by atoms with Gasteiger partial charge >= 0.3 is 0 Å². The first-order chi connectivity index (χ1) is 15.3. The molecule has 1 fully saturated rings. The third-order valence-electron chi connectivity index (χ3n) is 5.47. The third-order valence-corrected chi connectivity index (χ3v) is 6.34. The Morgan fingerprint density at radius 1 is 1.00 bits per heavy atom. The Hall–Kier alpha value is -3.46. The topological polar surface area (TPSA) is 79.2 Å². The van der Waals surface area contributed by atoms with Crippen LogP contribution in [0.5, 0.6) is 0 Å². The Balaban J connectivity index is 1.25. The van der Waals surface area contributed by atoms with Gasteiger partial charge in [0.1, 0.15) is 12.1 Å². The van der Waals surface area contributed by atoms with Crippen LogP contribution < -0.4 is 15.1 Å². The van der Waals surface area contributed by atoms with Crippen molar-refractivity contribution in [1.29, 1.82) is 0 Å². The molecule has 1 N–H and O–H groups in total. The smallest absolute Gasteiger partial charge is 0.261 e. The summed E-state index contributed by atoms with van der Waals surface area (Å²) in [5, 5.41) is 10.3. The molecular formula is C22H23N7OS. The van der Waals surface area contributed by atoms with Crippen LogP contribution in [0.4, 0.5) is 11.5 Å². The lowest BCUT2D eigenvalue weighted by molar-refractivity contribution is 0.0956. The monoisotopic (exact) mass is 433 g/mol. The normalized spacial score (nSPS) is 14.2. The van der Waals surface area contributed by atoms with Crippen LogP contribution in [-0.4, -0.2) is 58.4 Å². The number of piperazine rings is 1. The number of aromatic nitrogens is 4. The van der Waals surface area contributed by atoms with E-state index in [-0.39, 0.29) is 5.91 Å². The van der Waals surface area contributed by atoms with Crippen LogP contribution in [0.1, 0.15) is 9.67 Å². The minimum absolute atomic E-state index is 0.0573. The molecule has 0 saturated carbocycles. The molecular weight excluding hydrogens is 410 g/mol. The molecule has 8 nitrogen and oxygen atoms in total. The van der Waals surface area contributed by atoms with E-state index in [4.69, 9.17) is 0 Å². The summed E-state index contributed by atoms with van der Waals surface area (Å²) in [7, 11) is 0. The Morgan fingerprint density at radius 3 is 2.58 bits per heavy atom. The Morgan fingerprint density at radius 2 is 1.81 bits per heavy atom. The Bertz CT molecular complexity index is 1150. The zero-order valence-corrected chi connectivity index (χ0v) is 17.8. The maximum atomic E-state index is 12.1. The van der Waals surface area contributed by atoms with Crippen LogP contribution in [0.25, 0.3) is 11.0 Å². The maximum absolute atomic E-state index is 12.1. The van der Waals surface area contributed by atoms with Crippen molar-refractivity contribution in [3.63, 3.8) is 0 Å². The van der Waals surface area contributed by atoms with Gasteiger partial charge in [0.15, 0.2) is 5.65 Å². The molecule has 4 aromatic rings. The van der Waals surface area contributed by atoms with Gasteiger partial charge in [-0.15, -0.1) is 11.3 Å². The Labute approximate surface area is 184 Å². The first-order valence-corrected chi connectivity index (χ1v) is 11.2. The van der Waals surface area contributed by atoms with Crippen molar-refractivity contribution >= 4 is 39.8 Å². The van der Waals surface area contributed by atoms with E-state index in [2.05, 4.69) is 54.4 Å². The van der Waals surface area contributed by atoms with Crippen LogP contribution in [-0.2, 0) is 6.54 Å². The lowest BCUT2D eigenvalue weighted by Gasteiger charge is -2.36. The number of nitrogens with one attached hydrogen (secondary N) is 1. The second-order valence-electron chi connectivity index (χ2n) is 7.35. The van der Waals surface area contributed by atoms with E-state index >= 15 is 0 Å². The van der Waals surface area contributed by atoms with Crippen LogP contribution in [0.15, 0.2) is 60.4 Å². The number of nitrogens with zero attached hydrogens (tertiary/aromatic N) is 6. The van der Waals surface area contributed by atoms with Crippen molar-refractivity contribution in [2.24, 2.45) is 0 Å². The molecule has 9 heteroatoms. The van der Waals surface area contributed by atoms with Gasteiger partial charge < -0.3 is 15.1 Å². The van der Waals surface area contributed by atoms with Crippen LogP contribution in [0, 0.1) is 0 Å². The van der Waals surface area contributed by atoms with Crippen molar-refractivity contribution < 1.29 is 4.79 Å². The summed E-state index contributed by atoms with van der Waals surface area (Å²) in [6.07, 6.45) is 3.43. The first-order valence-electron chi connectivity index (χ1n) is 10.3. The molecule has 0 bridgehead atoms. The summed E-state index contributed by atoms with van der Waals surface area (Å²) in [6, 6.07) is 14.2. The second kappa shape index (κ2) is 8.73. The number of hydrogen-bond acceptors (Lipinski definition) is 7. The fourth-order valence-corrected chi connectivity index (χ4v) is 4.52. The number of para-hydroxylation sites is 1. The van der Waals surface area contributed by atoms with Crippen molar-refractivity contribution in [3.05, 3.63) is 65.2 Å². The third kappa shape index (κ3) is 4.09. The second-order valence-corrected chi connectivity index (χ2v) is 8.29. The van der Waals surface area contributed by atoms with Crippen LogP contribution in [0.2, 0.25) is 0 Å². The SMILES string of the molecule is O=C(NCCn1ncc2c(N3CCN(c4ccccc4)CC3)ncnc21)c1cccs1. The standard InChI is InChI=1S/C22H23N7OS/c30-22(19-7-4-14-31-19)23-8-9-29-21-18(15-26-29)20(24-16-25-21)28-12-10-27(11-13-28)17-5-2-1-3-6-17/h1-7,14-16H,8-13H2,(H,23,30). The zero-order chi connectivity index (χ0) is 21.0. The highest BCUT2D eigenvalue weighted by atomic mass is 32.1. The van der Waals surface area contributed by atoms with Gasteiger partial charge in [0.05, 0.1) is 23.0 Å². The van der Waals surface area contributed by atoms with E-state index < -0.39 is 0 Å². The highest BCUT2D eigenvalue weighted by molar-refractivity contribution is 7.12. The van der Waals surface area contributed by atoms with E-state index in [1.54, 1.807) is 6.33 Å². The maximum Gasteiger partial charge on any atom is 0.261 e. The fourth-order valence-electron chi connectivity index (χ4n) is 3.88. The molecule has 0 spiro atoms. The molecule has 5 rings (SSSR count). The van der Waals surface area contributed by atoms with E-state index in [0.717, 1.165) is 43.0 Å². The number of amides is 1. The summed E-state index contributed by atoms with van der Waals surface area (Å²) < 4.78 is 1.83. The lowest BCUT2D eigenvalue weighted by atomic mass is 10.2. The average Bonchev–Trinajstić information content (AvgIpc) is 3.50. The zero-order valence-electron chi connectivity index (χ0n) is 17.0. The van der Waals surface area contributed by atoms with Gasteiger partial charge in [-0.2, -0.15) is 5.10 Å². The number of anilines is 2. The van der Waals surface area contributed by atoms with Gasteiger partial charge in [-0.3, -0.25) is 4.79 Å². The first kappa shape index (κ1) is 19.5. The Kier molecular flexibility index (Phi) is 5.49. The van der Waals surface area contributed by atoms with Crippen LogP contribution in [0.3, 0.4) is 0 Å². The minimum atomic E-state index is -0.0573. The number of fused-ring (bicyclic) bond motifs is 1. The number of rotatable bonds is 6. The minimum Gasteiger partial charge on any atom is -0.368 e. The van der Waals surface area contributed by atoms with Gasteiger partial charge in [0.2, 0.25) is 0 Å². The van der Waals surface area contributed by atoms with Gasteiger partial charge in [0.25, 0.3) is 5.91 Å². The van der Waals surface area contributed by atoms with Gasteiger partial charge in [-0.05, 0) is 23.6 Å². The highest BCUT2D eigenvalue weighted by Gasteiger charge is 2.21. The molecule has 1 saturated heterocycles. The molecule has 0 aliphatic carbocycles. The summed E-state index contributed by atoms with van der Waals surface area (Å²) in [5.74, 6) is 0.865. The number of carbonyl (C=O) groups is 1. The van der Waals surface area contributed by atoms with Gasteiger partial charge in [-0.1, -0.05) is 24.3 Å². The highest BCUT2D eigenvalue weighted by Crippen LogP contribution is 2.25. The van der Waals surface area contributed by atoms with Crippen molar-refractivity contribution in [1.82, 2.24) is 25.1 Å². The molecule has 0 atom stereocenters. The number of carbonyl (C=O) groups excluding carboxylic acids is 1. The molecule has 3 aromatic heterocycles. The summed E-state index contributed by atoms with van der Waals surface area (Å²) in [5.41, 5.74) is 2.05. The predicted molar refractivity (Wildman–Crippen MR) is 123 cm³/mol. The van der Waals surface area contributed by atoms with E-state index in [9.17, 15) is 4.79 Å². The van der Waals surface area contributed by atoms with Gasteiger partial charge in [0, 0.05) is 38.4 Å². The lowest BCUT2D eigenvalue weighted by Crippen LogP contribution is -2.46. The van der Waals surface area contributed by atoms with E-state index in [1.807, 2.05) is 34.5 Å². The molecule has 158 valence electrons. The predicted octanol–water partition coefficient (Wildman–Crippen LogP) is 2.64. The molecule has 1 amide bonds.